The minimum absolute atomic E-state index is 0.135. The van der Waals surface area contributed by atoms with E-state index in [1.165, 1.54) is 0 Å². The number of rotatable bonds is 6. The molecule has 3 aromatic rings. The summed E-state index contributed by atoms with van der Waals surface area (Å²) in [5, 5.41) is 3.54. The van der Waals surface area contributed by atoms with Crippen LogP contribution < -0.4 is 5.32 Å². The first-order valence-corrected chi connectivity index (χ1v) is 7.27. The Kier molecular flexibility index (Phi) is 4.21. The molecule has 1 unspecified atom stereocenters. The van der Waals surface area contributed by atoms with Crippen LogP contribution in [-0.4, -0.2) is 26.1 Å². The Balaban J connectivity index is 1.87. The van der Waals surface area contributed by atoms with E-state index < -0.39 is 0 Å². The van der Waals surface area contributed by atoms with Gasteiger partial charge in [0.2, 0.25) is 0 Å². The first-order chi connectivity index (χ1) is 10.4. The third-order valence-electron chi connectivity index (χ3n) is 3.49. The molecule has 0 aliphatic heterocycles. The van der Waals surface area contributed by atoms with Crippen LogP contribution in [0, 0.1) is 0 Å². The lowest BCUT2D eigenvalue weighted by atomic mass is 10.2. The van der Waals surface area contributed by atoms with Gasteiger partial charge in [-0.2, -0.15) is 0 Å². The van der Waals surface area contributed by atoms with Gasteiger partial charge in [-0.25, -0.2) is 4.98 Å². The van der Waals surface area contributed by atoms with Crippen molar-refractivity contribution >= 4 is 11.0 Å². The number of hydrogen-bond acceptors (Lipinski definition) is 4. The summed E-state index contributed by atoms with van der Waals surface area (Å²) in [4.78, 5) is 13.1. The van der Waals surface area contributed by atoms with E-state index in [1.54, 1.807) is 12.4 Å². The lowest BCUT2D eigenvalue weighted by molar-refractivity contribution is 0.458. The molecule has 0 bridgehead atoms. The van der Waals surface area contributed by atoms with Crippen LogP contribution in [0.5, 0.6) is 0 Å². The van der Waals surface area contributed by atoms with Crippen LogP contribution in [0.2, 0.25) is 0 Å². The molecule has 0 fully saturated rings. The zero-order valence-electron chi connectivity index (χ0n) is 12.1. The van der Waals surface area contributed by atoms with E-state index in [0.29, 0.717) is 0 Å². The topological polar surface area (TPSA) is 55.6 Å². The summed E-state index contributed by atoms with van der Waals surface area (Å²) in [6.07, 6.45) is 8.24. The van der Waals surface area contributed by atoms with Crippen LogP contribution in [0.25, 0.3) is 11.0 Å². The third kappa shape index (κ3) is 3.08. The van der Waals surface area contributed by atoms with E-state index in [-0.39, 0.29) is 6.04 Å². The molecule has 5 heteroatoms. The predicted octanol–water partition coefficient (Wildman–Crippen LogP) is 2.57. The van der Waals surface area contributed by atoms with E-state index in [9.17, 15) is 0 Å². The van der Waals surface area contributed by atoms with Gasteiger partial charge in [-0.1, -0.05) is 19.1 Å². The number of imidazole rings is 1. The summed E-state index contributed by atoms with van der Waals surface area (Å²) >= 11 is 0. The molecule has 0 amide bonds. The summed E-state index contributed by atoms with van der Waals surface area (Å²) in [5.74, 6) is 0. The van der Waals surface area contributed by atoms with Crippen molar-refractivity contribution in [2.75, 3.05) is 6.54 Å². The summed E-state index contributed by atoms with van der Waals surface area (Å²) in [6.45, 7) is 3.90. The maximum absolute atomic E-state index is 4.44. The highest BCUT2D eigenvalue weighted by Gasteiger charge is 2.14. The van der Waals surface area contributed by atoms with Crippen molar-refractivity contribution in [2.45, 2.75) is 25.9 Å². The smallest absolute Gasteiger partial charge is 0.0958 e. The zero-order chi connectivity index (χ0) is 14.5. The molecular weight excluding hydrogens is 262 g/mol. The largest absolute Gasteiger partial charge is 0.329 e. The first kappa shape index (κ1) is 13.7. The standard InChI is InChI=1S/C16H19N5/c1-2-7-18-15(14-10-17-8-9-19-14)11-21-12-20-13-5-3-4-6-16(13)21/h3-6,8-10,12,15,18H,2,7,11H2,1H3. The molecule has 5 nitrogen and oxygen atoms in total. The Morgan fingerprint density at radius 3 is 2.90 bits per heavy atom. The van der Waals surface area contributed by atoms with Crippen LogP contribution >= 0.6 is 0 Å². The second-order valence-corrected chi connectivity index (χ2v) is 5.02. The molecule has 0 saturated carbocycles. The number of benzene rings is 1. The molecule has 0 radical (unpaired) electrons. The van der Waals surface area contributed by atoms with E-state index >= 15 is 0 Å². The van der Waals surface area contributed by atoms with Crippen LogP contribution in [0.3, 0.4) is 0 Å². The normalized spacial score (nSPS) is 12.6. The molecule has 21 heavy (non-hydrogen) atoms. The average Bonchev–Trinajstić information content (AvgIpc) is 2.95. The van der Waals surface area contributed by atoms with Crippen LogP contribution in [0.4, 0.5) is 0 Å². The third-order valence-corrected chi connectivity index (χ3v) is 3.49. The summed E-state index contributed by atoms with van der Waals surface area (Å²) in [5.41, 5.74) is 3.12. The van der Waals surface area contributed by atoms with Crippen molar-refractivity contribution < 1.29 is 0 Å². The molecule has 1 N–H and O–H groups in total. The van der Waals surface area contributed by atoms with Gasteiger partial charge in [-0.15, -0.1) is 0 Å². The van der Waals surface area contributed by atoms with E-state index in [0.717, 1.165) is 36.2 Å². The molecule has 2 aromatic heterocycles. The van der Waals surface area contributed by atoms with Gasteiger partial charge in [-0.3, -0.25) is 9.97 Å². The summed E-state index contributed by atoms with van der Waals surface area (Å²) < 4.78 is 2.16. The Hall–Kier alpha value is -2.27. The molecule has 108 valence electrons. The number of hydrogen-bond donors (Lipinski definition) is 1. The highest BCUT2D eigenvalue weighted by atomic mass is 15.1. The molecule has 2 heterocycles. The molecule has 1 aromatic carbocycles. The Morgan fingerprint density at radius 2 is 2.10 bits per heavy atom. The van der Waals surface area contributed by atoms with Gasteiger partial charge in [0.25, 0.3) is 0 Å². The van der Waals surface area contributed by atoms with Gasteiger partial charge in [0, 0.05) is 18.9 Å². The van der Waals surface area contributed by atoms with Gasteiger partial charge >= 0.3 is 0 Å². The number of nitrogens with zero attached hydrogens (tertiary/aromatic N) is 4. The molecular formula is C16H19N5. The molecule has 3 rings (SSSR count). The number of para-hydroxylation sites is 2. The summed E-state index contributed by atoms with van der Waals surface area (Å²) in [7, 11) is 0. The van der Waals surface area contributed by atoms with Gasteiger partial charge in [-0.05, 0) is 25.1 Å². The second-order valence-electron chi connectivity index (χ2n) is 5.02. The lowest BCUT2D eigenvalue weighted by Gasteiger charge is -2.18. The molecule has 1 atom stereocenters. The van der Waals surface area contributed by atoms with Crippen molar-refractivity contribution in [1.29, 1.82) is 0 Å². The molecule has 0 aliphatic rings. The molecule has 0 aliphatic carbocycles. The maximum atomic E-state index is 4.44. The fourth-order valence-electron chi connectivity index (χ4n) is 2.42. The number of nitrogens with one attached hydrogen (secondary N) is 1. The van der Waals surface area contributed by atoms with Crippen molar-refractivity contribution in [3.05, 3.63) is 54.9 Å². The highest BCUT2D eigenvalue weighted by Crippen LogP contribution is 2.17. The Bertz CT molecular complexity index is 692. The van der Waals surface area contributed by atoms with Gasteiger partial charge in [0.1, 0.15) is 0 Å². The van der Waals surface area contributed by atoms with E-state index in [1.807, 2.05) is 30.7 Å². The van der Waals surface area contributed by atoms with Crippen molar-refractivity contribution in [3.63, 3.8) is 0 Å². The van der Waals surface area contributed by atoms with E-state index in [2.05, 4.69) is 37.8 Å². The van der Waals surface area contributed by atoms with E-state index in [4.69, 9.17) is 0 Å². The summed E-state index contributed by atoms with van der Waals surface area (Å²) in [6, 6.07) is 8.31. The van der Waals surface area contributed by atoms with Crippen LogP contribution in [0.1, 0.15) is 25.1 Å². The van der Waals surface area contributed by atoms with Crippen LogP contribution in [0.15, 0.2) is 49.2 Å². The van der Waals surface area contributed by atoms with Gasteiger partial charge < -0.3 is 9.88 Å². The number of fused-ring (bicyclic) bond motifs is 1. The average molecular weight is 281 g/mol. The maximum Gasteiger partial charge on any atom is 0.0958 e. The fraction of sp³-hybridized carbons (Fsp3) is 0.312. The van der Waals surface area contributed by atoms with Gasteiger partial charge in [0.15, 0.2) is 0 Å². The minimum atomic E-state index is 0.135. The van der Waals surface area contributed by atoms with Crippen molar-refractivity contribution in [1.82, 2.24) is 24.8 Å². The van der Waals surface area contributed by atoms with Crippen molar-refractivity contribution in [3.8, 4) is 0 Å². The second kappa shape index (κ2) is 6.45. The Labute approximate surface area is 124 Å². The van der Waals surface area contributed by atoms with Crippen LogP contribution in [-0.2, 0) is 6.54 Å². The highest BCUT2D eigenvalue weighted by molar-refractivity contribution is 5.74. The SMILES string of the molecule is CCCNC(Cn1cnc2ccccc21)c1cnccn1. The lowest BCUT2D eigenvalue weighted by Crippen LogP contribution is -2.27. The number of aromatic nitrogens is 4. The predicted molar refractivity (Wildman–Crippen MR) is 82.8 cm³/mol. The quantitative estimate of drug-likeness (QED) is 0.754. The zero-order valence-corrected chi connectivity index (χ0v) is 12.1. The molecule has 0 spiro atoms. The Morgan fingerprint density at radius 1 is 1.19 bits per heavy atom. The van der Waals surface area contributed by atoms with Gasteiger partial charge in [0.05, 0.1) is 35.3 Å². The van der Waals surface area contributed by atoms with Crippen molar-refractivity contribution in [2.24, 2.45) is 0 Å². The monoisotopic (exact) mass is 281 g/mol. The molecule has 0 saturated heterocycles. The fourth-order valence-corrected chi connectivity index (χ4v) is 2.42. The first-order valence-electron chi connectivity index (χ1n) is 7.27. The minimum Gasteiger partial charge on any atom is -0.329 e.